The lowest BCUT2D eigenvalue weighted by molar-refractivity contribution is 0.287. The molecule has 1 heterocycles. The van der Waals surface area contributed by atoms with E-state index in [4.69, 9.17) is 11.6 Å². The summed E-state index contributed by atoms with van der Waals surface area (Å²) >= 11 is 5.80. The summed E-state index contributed by atoms with van der Waals surface area (Å²) < 4.78 is 22.6. The van der Waals surface area contributed by atoms with Crippen LogP contribution in [0.1, 0.15) is 19.8 Å². The molecule has 84 valence electrons. The molecular formula is C9H18ClNO2S. The third kappa shape index (κ3) is 3.41. The van der Waals surface area contributed by atoms with E-state index in [1.807, 2.05) is 0 Å². The van der Waals surface area contributed by atoms with Crippen LogP contribution in [-0.4, -0.2) is 49.8 Å². The summed E-state index contributed by atoms with van der Waals surface area (Å²) in [6.07, 6.45) is 2.25. The average molecular weight is 240 g/mol. The van der Waals surface area contributed by atoms with Crippen molar-refractivity contribution in [1.29, 1.82) is 0 Å². The maximum atomic E-state index is 11.3. The number of halogens is 1. The van der Waals surface area contributed by atoms with Crippen molar-refractivity contribution in [1.82, 2.24) is 4.90 Å². The van der Waals surface area contributed by atoms with E-state index < -0.39 is 9.84 Å². The summed E-state index contributed by atoms with van der Waals surface area (Å²) in [7, 11) is -2.82. The van der Waals surface area contributed by atoms with Gasteiger partial charge in [0.05, 0.1) is 5.75 Å². The molecule has 0 spiro atoms. The lowest BCUT2D eigenvalue weighted by Gasteiger charge is -2.21. The number of alkyl halides is 1. The molecule has 0 aromatic heterocycles. The number of likely N-dealkylation sites (tertiary alicyclic amines) is 1. The molecule has 0 bridgehead atoms. The van der Waals surface area contributed by atoms with Gasteiger partial charge in [0.1, 0.15) is 0 Å². The largest absolute Gasteiger partial charge is 0.298 e. The standard InChI is InChI=1S/C9H18ClNO2S/c1-2-14(12,13)7-6-11-5-3-4-9(11)8-10/h9H,2-8H2,1H3. The molecule has 1 rings (SSSR count). The van der Waals surface area contributed by atoms with Crippen LogP contribution in [0.25, 0.3) is 0 Å². The summed E-state index contributed by atoms with van der Waals surface area (Å²) in [6.45, 7) is 3.34. The van der Waals surface area contributed by atoms with Crippen LogP contribution in [0.5, 0.6) is 0 Å². The zero-order valence-corrected chi connectivity index (χ0v) is 10.1. The maximum Gasteiger partial charge on any atom is 0.151 e. The predicted octanol–water partition coefficient (Wildman–Crippen LogP) is 1.12. The Morgan fingerprint density at radius 2 is 2.21 bits per heavy atom. The van der Waals surface area contributed by atoms with Crippen LogP contribution < -0.4 is 0 Å². The van der Waals surface area contributed by atoms with Gasteiger partial charge in [0, 0.05) is 24.2 Å². The molecule has 1 fully saturated rings. The van der Waals surface area contributed by atoms with Crippen molar-refractivity contribution in [2.45, 2.75) is 25.8 Å². The van der Waals surface area contributed by atoms with Crippen LogP contribution >= 0.6 is 11.6 Å². The molecule has 0 saturated carbocycles. The zero-order chi connectivity index (χ0) is 10.6. The number of nitrogens with zero attached hydrogens (tertiary/aromatic N) is 1. The lowest BCUT2D eigenvalue weighted by atomic mass is 10.2. The Balaban J connectivity index is 2.38. The molecule has 5 heteroatoms. The van der Waals surface area contributed by atoms with Gasteiger partial charge >= 0.3 is 0 Å². The summed E-state index contributed by atoms with van der Waals surface area (Å²) in [5.41, 5.74) is 0. The monoisotopic (exact) mass is 239 g/mol. The Hall–Kier alpha value is 0.200. The van der Waals surface area contributed by atoms with Crippen LogP contribution in [0.4, 0.5) is 0 Å². The molecule has 14 heavy (non-hydrogen) atoms. The molecule has 0 aromatic rings. The van der Waals surface area contributed by atoms with Crippen LogP contribution in [-0.2, 0) is 9.84 Å². The SMILES string of the molecule is CCS(=O)(=O)CCN1CCCC1CCl. The third-order valence-corrected chi connectivity index (χ3v) is 4.85. The highest BCUT2D eigenvalue weighted by Crippen LogP contribution is 2.17. The predicted molar refractivity (Wildman–Crippen MR) is 59.6 cm³/mol. The van der Waals surface area contributed by atoms with E-state index in [9.17, 15) is 8.42 Å². The van der Waals surface area contributed by atoms with Gasteiger partial charge in [-0.25, -0.2) is 8.42 Å². The van der Waals surface area contributed by atoms with Gasteiger partial charge < -0.3 is 0 Å². The van der Waals surface area contributed by atoms with Crippen LogP contribution in [0, 0.1) is 0 Å². The summed E-state index contributed by atoms with van der Waals surface area (Å²) in [5.74, 6) is 1.13. The topological polar surface area (TPSA) is 37.4 Å². The molecule has 0 N–H and O–H groups in total. The molecule has 1 unspecified atom stereocenters. The molecule has 0 aromatic carbocycles. The minimum absolute atomic E-state index is 0.242. The first kappa shape index (κ1) is 12.3. The van der Waals surface area contributed by atoms with Gasteiger partial charge in [-0.05, 0) is 19.4 Å². The van der Waals surface area contributed by atoms with Gasteiger partial charge in [-0.3, -0.25) is 4.90 Å². The number of hydrogen-bond acceptors (Lipinski definition) is 3. The first-order chi connectivity index (χ1) is 6.59. The molecule has 0 amide bonds. The van der Waals surface area contributed by atoms with E-state index in [0.717, 1.165) is 19.4 Å². The van der Waals surface area contributed by atoms with Crippen molar-refractivity contribution in [2.75, 3.05) is 30.5 Å². The van der Waals surface area contributed by atoms with Crippen molar-refractivity contribution in [2.24, 2.45) is 0 Å². The second-order valence-electron chi connectivity index (χ2n) is 3.72. The van der Waals surface area contributed by atoms with Crippen molar-refractivity contribution < 1.29 is 8.42 Å². The van der Waals surface area contributed by atoms with E-state index in [0.29, 0.717) is 18.5 Å². The van der Waals surface area contributed by atoms with Crippen LogP contribution in [0.2, 0.25) is 0 Å². The second kappa shape index (κ2) is 5.33. The normalized spacial score (nSPS) is 24.3. The summed E-state index contributed by atoms with van der Waals surface area (Å²) in [5, 5.41) is 0. The fourth-order valence-corrected chi connectivity index (χ4v) is 2.92. The fraction of sp³-hybridized carbons (Fsp3) is 1.00. The number of hydrogen-bond donors (Lipinski definition) is 0. The Kier molecular flexibility index (Phi) is 4.67. The number of sulfone groups is 1. The highest BCUT2D eigenvalue weighted by atomic mass is 35.5. The first-order valence-corrected chi connectivity index (χ1v) is 7.45. The highest BCUT2D eigenvalue weighted by molar-refractivity contribution is 7.91. The molecule has 1 aliphatic rings. The van der Waals surface area contributed by atoms with Gasteiger partial charge in [0.2, 0.25) is 0 Å². The molecule has 3 nitrogen and oxygen atoms in total. The summed E-state index contributed by atoms with van der Waals surface area (Å²) in [4.78, 5) is 2.19. The minimum Gasteiger partial charge on any atom is -0.298 e. The van der Waals surface area contributed by atoms with Gasteiger partial charge in [-0.1, -0.05) is 6.92 Å². The summed E-state index contributed by atoms with van der Waals surface area (Å²) in [6, 6.07) is 0.392. The third-order valence-electron chi connectivity index (χ3n) is 2.81. The molecule has 0 radical (unpaired) electrons. The maximum absolute atomic E-state index is 11.3. The zero-order valence-electron chi connectivity index (χ0n) is 8.58. The fourth-order valence-electron chi connectivity index (χ4n) is 1.76. The van der Waals surface area contributed by atoms with E-state index >= 15 is 0 Å². The average Bonchev–Trinajstić information content (AvgIpc) is 2.62. The van der Waals surface area contributed by atoms with E-state index in [2.05, 4.69) is 4.90 Å². The highest BCUT2D eigenvalue weighted by Gasteiger charge is 2.24. The van der Waals surface area contributed by atoms with Crippen molar-refractivity contribution in [3.05, 3.63) is 0 Å². The molecule has 1 saturated heterocycles. The van der Waals surface area contributed by atoms with Gasteiger partial charge in [0.15, 0.2) is 9.84 Å². The molecule has 1 atom stereocenters. The van der Waals surface area contributed by atoms with E-state index in [1.54, 1.807) is 6.92 Å². The van der Waals surface area contributed by atoms with Crippen molar-refractivity contribution >= 4 is 21.4 Å². The first-order valence-electron chi connectivity index (χ1n) is 5.09. The van der Waals surface area contributed by atoms with Crippen molar-refractivity contribution in [3.8, 4) is 0 Å². The molecule has 1 aliphatic heterocycles. The quantitative estimate of drug-likeness (QED) is 0.675. The Morgan fingerprint density at radius 1 is 1.50 bits per heavy atom. The van der Waals surface area contributed by atoms with E-state index in [1.165, 1.54) is 0 Å². The molecular weight excluding hydrogens is 222 g/mol. The Morgan fingerprint density at radius 3 is 2.79 bits per heavy atom. The van der Waals surface area contributed by atoms with Gasteiger partial charge in [0.25, 0.3) is 0 Å². The van der Waals surface area contributed by atoms with Crippen LogP contribution in [0.15, 0.2) is 0 Å². The Bertz CT molecular complexity index is 266. The van der Waals surface area contributed by atoms with Gasteiger partial charge in [-0.2, -0.15) is 0 Å². The van der Waals surface area contributed by atoms with Crippen molar-refractivity contribution in [3.63, 3.8) is 0 Å². The lowest BCUT2D eigenvalue weighted by Crippen LogP contribution is -2.35. The molecule has 0 aliphatic carbocycles. The Labute approximate surface area is 91.3 Å². The smallest absolute Gasteiger partial charge is 0.151 e. The van der Waals surface area contributed by atoms with E-state index in [-0.39, 0.29) is 11.5 Å². The number of rotatable bonds is 5. The van der Waals surface area contributed by atoms with Gasteiger partial charge in [-0.15, -0.1) is 11.6 Å². The second-order valence-corrected chi connectivity index (χ2v) is 6.50. The van der Waals surface area contributed by atoms with Crippen LogP contribution in [0.3, 0.4) is 0 Å². The minimum atomic E-state index is -2.82.